The quantitative estimate of drug-likeness (QED) is 0.495. The van der Waals surface area contributed by atoms with Crippen molar-refractivity contribution in [3.8, 4) is 5.75 Å². The predicted molar refractivity (Wildman–Crippen MR) is 149 cm³/mol. The zero-order valence-corrected chi connectivity index (χ0v) is 23.9. The molecule has 1 aromatic carbocycles. The largest absolute Gasteiger partial charge is 0.497 e. The molecule has 2 N–H and O–H groups in total. The Morgan fingerprint density at radius 1 is 1.18 bits per heavy atom. The molecule has 3 fully saturated rings. The van der Waals surface area contributed by atoms with E-state index in [0.717, 1.165) is 29.2 Å². The fourth-order valence-electron chi connectivity index (χ4n) is 8.74. The molecule has 4 aliphatic carbocycles. The molecule has 0 saturated heterocycles. The van der Waals surface area contributed by atoms with Crippen LogP contribution in [0.25, 0.3) is 0 Å². The van der Waals surface area contributed by atoms with Crippen molar-refractivity contribution in [1.82, 2.24) is 4.98 Å². The highest BCUT2D eigenvalue weighted by atomic mass is 32.1. The minimum atomic E-state index is -1.89. The first-order chi connectivity index (χ1) is 18.5. The molecule has 0 unspecified atom stereocenters. The monoisotopic (exact) mass is 551 g/mol. The van der Waals surface area contributed by atoms with E-state index in [1.807, 2.05) is 38.3 Å². The van der Waals surface area contributed by atoms with Gasteiger partial charge in [-0.25, -0.2) is 9.37 Å². The summed E-state index contributed by atoms with van der Waals surface area (Å²) in [5.74, 6) is 0.0482. The van der Waals surface area contributed by atoms with Gasteiger partial charge in [-0.3, -0.25) is 4.79 Å². The summed E-state index contributed by atoms with van der Waals surface area (Å²) < 4.78 is 22.7. The van der Waals surface area contributed by atoms with Crippen LogP contribution in [0.3, 0.4) is 0 Å². The van der Waals surface area contributed by atoms with Gasteiger partial charge in [-0.05, 0) is 80.7 Å². The Bertz CT molecular complexity index is 1350. The van der Waals surface area contributed by atoms with E-state index >= 15 is 4.39 Å². The fraction of sp³-hybridized carbons (Fsp3) is 0.562. The summed E-state index contributed by atoms with van der Waals surface area (Å²) >= 11 is 1.56. The molecule has 1 aromatic heterocycles. The maximum Gasteiger partial charge on any atom is 0.178 e. The summed E-state index contributed by atoms with van der Waals surface area (Å²) in [5.41, 5.74) is -2.28. The van der Waals surface area contributed by atoms with E-state index < -0.39 is 34.1 Å². The van der Waals surface area contributed by atoms with E-state index in [1.54, 1.807) is 30.6 Å². The number of ether oxygens (including phenoxy) is 1. The number of methoxy groups -OCH3 is 1. The molecular formula is C32H38FNO4S. The Hall–Kier alpha value is -2.35. The fourth-order valence-corrected chi connectivity index (χ4v) is 9.59. The Labute approximate surface area is 233 Å². The van der Waals surface area contributed by atoms with E-state index in [1.165, 1.54) is 11.6 Å². The van der Waals surface area contributed by atoms with E-state index in [9.17, 15) is 15.0 Å². The number of fused-ring (bicyclic) bond motifs is 5. The van der Waals surface area contributed by atoms with Crippen LogP contribution in [0.1, 0.15) is 62.7 Å². The smallest absolute Gasteiger partial charge is 0.178 e. The van der Waals surface area contributed by atoms with Gasteiger partial charge >= 0.3 is 0 Å². The van der Waals surface area contributed by atoms with Crippen LogP contribution in [-0.2, 0) is 23.2 Å². The number of carbonyl (C=O) groups is 1. The third-order valence-electron chi connectivity index (χ3n) is 11.0. The van der Waals surface area contributed by atoms with Crippen LogP contribution < -0.4 is 4.74 Å². The Morgan fingerprint density at radius 3 is 2.64 bits per heavy atom. The molecule has 6 rings (SSSR count). The zero-order chi connectivity index (χ0) is 27.8. The highest BCUT2D eigenvalue weighted by molar-refractivity contribution is 7.09. The average Bonchev–Trinajstić information content (AvgIpc) is 3.47. The summed E-state index contributed by atoms with van der Waals surface area (Å²) in [7, 11) is 1.66. The van der Waals surface area contributed by atoms with Gasteiger partial charge in [0.05, 0.1) is 23.9 Å². The lowest BCUT2D eigenvalue weighted by Crippen LogP contribution is -2.68. The second kappa shape index (κ2) is 9.08. The third-order valence-corrected chi connectivity index (χ3v) is 11.9. The molecule has 3 saturated carbocycles. The van der Waals surface area contributed by atoms with E-state index in [4.69, 9.17) is 9.72 Å². The lowest BCUT2D eigenvalue weighted by Gasteiger charge is -2.62. The Morgan fingerprint density at radius 2 is 1.92 bits per heavy atom. The second-order valence-electron chi connectivity index (χ2n) is 12.6. The van der Waals surface area contributed by atoms with Gasteiger partial charge in [0, 0.05) is 28.5 Å². The summed E-state index contributed by atoms with van der Waals surface area (Å²) in [6.07, 6.45) is 7.03. The van der Waals surface area contributed by atoms with Gasteiger partial charge in [0.15, 0.2) is 11.5 Å². The standard InChI is InChI=1S/C32H38FNO4S/c1-19-15-25-24-11-8-21-16-22(35)13-14-29(21,2)31(24,33)27(36)17-30(25,3)32(19,37)26-18-39-28(34-26)12-7-20-5-9-23(38-4)10-6-20/h5-6,9-10,13-14,16,18-19,24-25,27,36-37H,7-8,11-12,15,17H2,1-4H3/t19-,24+,25+,27+,29+,30+,31+,32+/m1/s1. The number of allylic oxidation sites excluding steroid dienone is 4. The van der Waals surface area contributed by atoms with Crippen molar-refractivity contribution < 1.29 is 24.1 Å². The predicted octanol–water partition coefficient (Wildman–Crippen LogP) is 5.74. The molecule has 4 aliphatic rings. The van der Waals surface area contributed by atoms with Gasteiger partial charge in [0.1, 0.15) is 11.4 Å². The summed E-state index contributed by atoms with van der Waals surface area (Å²) in [5, 5.41) is 27.0. The number of hydrogen-bond donors (Lipinski definition) is 2. The van der Waals surface area contributed by atoms with Crippen LogP contribution in [0, 0.1) is 28.6 Å². The summed E-state index contributed by atoms with van der Waals surface area (Å²) in [6.45, 7) is 5.91. The highest BCUT2D eigenvalue weighted by Crippen LogP contribution is 2.72. The molecule has 0 bridgehead atoms. The lowest BCUT2D eigenvalue weighted by atomic mass is 9.44. The lowest BCUT2D eigenvalue weighted by molar-refractivity contribution is -0.223. The van der Waals surface area contributed by atoms with Crippen molar-refractivity contribution in [3.05, 3.63) is 69.7 Å². The minimum absolute atomic E-state index is 0.111. The third kappa shape index (κ3) is 3.62. The van der Waals surface area contributed by atoms with Gasteiger partial charge in [-0.2, -0.15) is 0 Å². The first kappa shape index (κ1) is 26.9. The van der Waals surface area contributed by atoms with Crippen LogP contribution in [-0.4, -0.2) is 39.9 Å². The van der Waals surface area contributed by atoms with Crippen molar-refractivity contribution in [1.29, 1.82) is 0 Å². The van der Waals surface area contributed by atoms with Crippen LogP contribution in [0.4, 0.5) is 4.39 Å². The highest BCUT2D eigenvalue weighted by Gasteiger charge is 2.74. The number of aliphatic hydroxyl groups excluding tert-OH is 1. The van der Waals surface area contributed by atoms with Crippen LogP contribution >= 0.6 is 11.3 Å². The van der Waals surface area contributed by atoms with Crippen LogP contribution in [0.2, 0.25) is 0 Å². The van der Waals surface area contributed by atoms with Gasteiger partial charge in [0.2, 0.25) is 0 Å². The van der Waals surface area contributed by atoms with E-state index in [0.29, 0.717) is 25.0 Å². The minimum Gasteiger partial charge on any atom is -0.497 e. The molecule has 7 heteroatoms. The van der Waals surface area contributed by atoms with Crippen LogP contribution in [0.5, 0.6) is 5.75 Å². The van der Waals surface area contributed by atoms with Gasteiger partial charge in [-0.15, -0.1) is 11.3 Å². The van der Waals surface area contributed by atoms with Crippen molar-refractivity contribution in [3.63, 3.8) is 0 Å². The average molecular weight is 552 g/mol. The van der Waals surface area contributed by atoms with Gasteiger partial charge in [0.25, 0.3) is 0 Å². The first-order valence-electron chi connectivity index (χ1n) is 14.1. The number of aliphatic hydroxyl groups is 2. The van der Waals surface area contributed by atoms with Crippen molar-refractivity contribution >= 4 is 17.1 Å². The SMILES string of the molecule is COc1ccc(CCc2nc([C@@]3(O)[C@H](C)C[C@H]4[C@@H]5CCC6=CC(=O)C=C[C@]6(C)[C@@]5(F)[C@@H](O)C[C@@]43C)cs2)cc1. The molecule has 2 aromatic rings. The molecule has 0 amide bonds. The van der Waals surface area contributed by atoms with Gasteiger partial charge in [-0.1, -0.05) is 37.6 Å². The maximum atomic E-state index is 17.4. The first-order valence-corrected chi connectivity index (χ1v) is 15.0. The van der Waals surface area contributed by atoms with Crippen molar-refractivity contribution in [2.75, 3.05) is 7.11 Å². The number of nitrogens with zero attached hydrogens (tertiary/aromatic N) is 1. The number of benzene rings is 1. The number of hydrogen-bond acceptors (Lipinski definition) is 6. The molecule has 208 valence electrons. The Kier molecular flexibility index (Phi) is 6.25. The number of thiazole rings is 1. The van der Waals surface area contributed by atoms with E-state index in [2.05, 4.69) is 12.1 Å². The number of carbonyl (C=O) groups excluding carboxylic acids is 1. The second-order valence-corrected chi connectivity index (χ2v) is 13.6. The molecule has 0 radical (unpaired) electrons. The zero-order valence-electron chi connectivity index (χ0n) is 23.1. The van der Waals surface area contributed by atoms with E-state index in [-0.39, 0.29) is 24.0 Å². The summed E-state index contributed by atoms with van der Waals surface area (Å²) in [6, 6.07) is 8.02. The maximum absolute atomic E-state index is 17.4. The van der Waals surface area contributed by atoms with Gasteiger partial charge < -0.3 is 14.9 Å². The van der Waals surface area contributed by atoms with Crippen molar-refractivity contribution in [2.45, 2.75) is 76.7 Å². The molecular weight excluding hydrogens is 513 g/mol. The number of rotatable bonds is 5. The number of aryl methyl sites for hydroxylation is 2. The Balaban J connectivity index is 1.29. The molecule has 5 nitrogen and oxygen atoms in total. The molecule has 39 heavy (non-hydrogen) atoms. The van der Waals surface area contributed by atoms with Crippen molar-refractivity contribution in [2.24, 2.45) is 28.6 Å². The molecule has 0 spiro atoms. The number of alkyl halides is 1. The normalized spacial score (nSPS) is 41.0. The summed E-state index contributed by atoms with van der Waals surface area (Å²) in [4.78, 5) is 17.0. The number of ketones is 1. The van der Waals surface area contributed by atoms with Crippen LogP contribution in [0.15, 0.2) is 53.4 Å². The molecule has 1 heterocycles. The topological polar surface area (TPSA) is 79.7 Å². The molecule has 8 atom stereocenters. The number of halogens is 1. The molecule has 0 aliphatic heterocycles. The number of aromatic nitrogens is 1.